The van der Waals surface area contributed by atoms with Crippen LogP contribution in [0.25, 0.3) is 0 Å². The molecule has 0 aliphatic carbocycles. The third-order valence-electron chi connectivity index (χ3n) is 5.37. The summed E-state index contributed by atoms with van der Waals surface area (Å²) in [6, 6.07) is 8.40. The monoisotopic (exact) mass is 339 g/mol. The molecule has 2 heterocycles. The van der Waals surface area contributed by atoms with Gasteiger partial charge in [0.1, 0.15) is 12.8 Å². The van der Waals surface area contributed by atoms with Gasteiger partial charge in [-0.3, -0.25) is 9.69 Å². The van der Waals surface area contributed by atoms with Gasteiger partial charge in [0.25, 0.3) is 0 Å². The molecule has 2 fully saturated rings. The third-order valence-corrected chi connectivity index (χ3v) is 5.63. The molecule has 2 aliphatic rings. The van der Waals surface area contributed by atoms with Crippen LogP contribution >= 0.6 is 11.6 Å². The van der Waals surface area contributed by atoms with Crippen LogP contribution in [-0.2, 0) is 9.53 Å². The second-order valence-corrected chi connectivity index (χ2v) is 7.22. The van der Waals surface area contributed by atoms with Gasteiger partial charge in [0.15, 0.2) is 0 Å². The van der Waals surface area contributed by atoms with E-state index in [2.05, 4.69) is 11.9 Å². The molecular weight excluding hydrogens is 317 g/mol. The quantitative estimate of drug-likeness (QED) is 0.781. The van der Waals surface area contributed by atoms with Gasteiger partial charge in [-0.1, -0.05) is 23.7 Å². The highest BCUT2D eigenvalue weighted by molar-refractivity contribution is 6.30. The first kappa shape index (κ1) is 16.7. The van der Waals surface area contributed by atoms with Crippen molar-refractivity contribution in [1.82, 2.24) is 4.90 Å². The van der Waals surface area contributed by atoms with Crippen LogP contribution in [0.5, 0.6) is 0 Å². The van der Waals surface area contributed by atoms with Gasteiger partial charge in [-0.25, -0.2) is 4.39 Å². The lowest BCUT2D eigenvalue weighted by Gasteiger charge is -2.42. The second-order valence-electron chi connectivity index (χ2n) is 6.79. The van der Waals surface area contributed by atoms with Gasteiger partial charge in [-0.15, -0.1) is 0 Å². The molecule has 0 aromatic heterocycles. The number of halogens is 2. The van der Waals surface area contributed by atoms with Gasteiger partial charge >= 0.3 is 5.97 Å². The molecular formula is C18H23ClFNO2. The zero-order valence-corrected chi connectivity index (χ0v) is 14.3. The van der Waals surface area contributed by atoms with Gasteiger partial charge < -0.3 is 4.74 Å². The Morgan fingerprint density at radius 3 is 2.74 bits per heavy atom. The molecule has 0 spiro atoms. The van der Waals surface area contributed by atoms with E-state index in [0.717, 1.165) is 24.8 Å². The van der Waals surface area contributed by atoms with Gasteiger partial charge in [-0.05, 0) is 50.9 Å². The van der Waals surface area contributed by atoms with E-state index >= 15 is 0 Å². The lowest BCUT2D eigenvalue weighted by molar-refractivity contribution is -0.158. The van der Waals surface area contributed by atoms with Crippen molar-refractivity contribution in [2.75, 3.05) is 13.7 Å². The number of rotatable bonds is 4. The van der Waals surface area contributed by atoms with Crippen molar-refractivity contribution in [1.29, 1.82) is 0 Å². The normalized spacial score (nSPS) is 31.8. The molecule has 0 amide bonds. The zero-order valence-electron chi connectivity index (χ0n) is 13.5. The Morgan fingerprint density at radius 2 is 2.09 bits per heavy atom. The van der Waals surface area contributed by atoms with Crippen molar-refractivity contribution in [3.8, 4) is 0 Å². The van der Waals surface area contributed by atoms with Crippen LogP contribution in [-0.4, -0.2) is 42.8 Å². The summed E-state index contributed by atoms with van der Waals surface area (Å²) in [7, 11) is 2.08. The Bertz CT molecular complexity index is 565. The number of carbonyl (C=O) groups is 1. The van der Waals surface area contributed by atoms with Crippen LogP contribution in [0.3, 0.4) is 0 Å². The minimum Gasteiger partial charge on any atom is -0.460 e. The molecule has 0 N–H and O–H groups in total. The Morgan fingerprint density at radius 1 is 1.39 bits per heavy atom. The Hall–Kier alpha value is -1.13. The molecule has 0 saturated carbocycles. The lowest BCUT2D eigenvalue weighted by atomic mass is 9.76. The fraction of sp³-hybridized carbons (Fsp3) is 0.611. The van der Waals surface area contributed by atoms with E-state index in [1.165, 1.54) is 0 Å². The lowest BCUT2D eigenvalue weighted by Crippen LogP contribution is -2.49. The average Bonchev–Trinajstić information content (AvgIpc) is 2.78. The third kappa shape index (κ3) is 3.24. The molecule has 5 heteroatoms. The van der Waals surface area contributed by atoms with E-state index in [-0.39, 0.29) is 23.8 Å². The van der Waals surface area contributed by atoms with Crippen LogP contribution in [0.2, 0.25) is 5.02 Å². The van der Waals surface area contributed by atoms with Gasteiger partial charge in [-0.2, -0.15) is 0 Å². The maximum Gasteiger partial charge on any atom is 0.311 e. The number of ether oxygens (including phenoxy) is 1. The first-order valence-electron chi connectivity index (χ1n) is 8.25. The minimum atomic E-state index is -0.683. The highest BCUT2D eigenvalue weighted by Crippen LogP contribution is 2.46. The predicted molar refractivity (Wildman–Crippen MR) is 88.4 cm³/mol. The standard InChI is InChI=1S/C18H23ClFNO2/c1-11(10-20)23-18(22)17-15(12-3-5-13(19)6-4-12)9-14-7-8-16(17)21(14)2/h3-6,11,14-17H,7-10H2,1-2H3/t11-,14?,15?,16?,17?/m1/s1. The number of benzene rings is 1. The molecule has 5 atom stereocenters. The topological polar surface area (TPSA) is 29.5 Å². The van der Waals surface area contributed by atoms with Crippen LogP contribution in [0.15, 0.2) is 24.3 Å². The number of fused-ring (bicyclic) bond motifs is 2. The minimum absolute atomic E-state index is 0.111. The Labute approximate surface area is 141 Å². The number of carbonyl (C=O) groups excluding carboxylic acids is 1. The van der Waals surface area contributed by atoms with Gasteiger partial charge in [0, 0.05) is 23.0 Å². The summed E-state index contributed by atoms with van der Waals surface area (Å²) >= 11 is 5.99. The Kier molecular flexibility index (Phi) is 4.93. The SMILES string of the molecule is C[C@H](CF)OC(=O)C1C(c2ccc(Cl)cc2)CC2CCC1N2C. The molecule has 3 nitrogen and oxygen atoms in total. The smallest absolute Gasteiger partial charge is 0.311 e. The predicted octanol–water partition coefficient (Wildman–Crippen LogP) is 3.81. The number of nitrogens with zero attached hydrogens (tertiary/aromatic N) is 1. The largest absolute Gasteiger partial charge is 0.460 e. The number of piperidine rings is 1. The molecule has 126 valence electrons. The number of esters is 1. The van der Waals surface area contributed by atoms with E-state index in [1.54, 1.807) is 6.92 Å². The van der Waals surface area contributed by atoms with E-state index in [0.29, 0.717) is 11.1 Å². The van der Waals surface area contributed by atoms with Gasteiger partial charge in [0.2, 0.25) is 0 Å². The highest BCUT2D eigenvalue weighted by atomic mass is 35.5. The highest BCUT2D eigenvalue weighted by Gasteiger charge is 2.49. The zero-order chi connectivity index (χ0) is 16.6. The summed E-state index contributed by atoms with van der Waals surface area (Å²) in [5.41, 5.74) is 1.12. The molecule has 2 saturated heterocycles. The summed E-state index contributed by atoms with van der Waals surface area (Å²) in [5, 5.41) is 0.690. The first-order chi connectivity index (χ1) is 11.0. The van der Waals surface area contributed by atoms with Crippen LogP contribution in [0.1, 0.15) is 37.7 Å². The molecule has 1 aromatic rings. The molecule has 2 aliphatic heterocycles. The van der Waals surface area contributed by atoms with Crippen LogP contribution in [0.4, 0.5) is 4.39 Å². The van der Waals surface area contributed by atoms with Crippen molar-refractivity contribution < 1.29 is 13.9 Å². The van der Waals surface area contributed by atoms with Crippen LogP contribution in [0, 0.1) is 5.92 Å². The number of hydrogen-bond donors (Lipinski definition) is 0. The van der Waals surface area contributed by atoms with Crippen molar-refractivity contribution in [3.05, 3.63) is 34.9 Å². The molecule has 4 unspecified atom stereocenters. The molecule has 0 radical (unpaired) electrons. The maximum atomic E-state index is 12.7. The van der Waals surface area contributed by atoms with Gasteiger partial charge in [0.05, 0.1) is 5.92 Å². The molecule has 2 bridgehead atoms. The van der Waals surface area contributed by atoms with Crippen molar-refractivity contribution in [2.24, 2.45) is 5.92 Å². The summed E-state index contributed by atoms with van der Waals surface area (Å²) in [6.45, 7) is 0.951. The van der Waals surface area contributed by atoms with Crippen molar-refractivity contribution in [2.45, 2.75) is 50.3 Å². The van der Waals surface area contributed by atoms with E-state index in [9.17, 15) is 9.18 Å². The summed E-state index contributed by atoms with van der Waals surface area (Å²) in [6.07, 6.45) is 2.35. The number of hydrogen-bond acceptors (Lipinski definition) is 3. The van der Waals surface area contributed by atoms with E-state index in [4.69, 9.17) is 16.3 Å². The molecule has 3 rings (SSSR count). The van der Waals surface area contributed by atoms with Crippen molar-refractivity contribution in [3.63, 3.8) is 0 Å². The number of alkyl halides is 1. The molecule has 23 heavy (non-hydrogen) atoms. The summed E-state index contributed by atoms with van der Waals surface area (Å²) in [4.78, 5) is 15.0. The summed E-state index contributed by atoms with van der Waals surface area (Å²) < 4.78 is 18.1. The van der Waals surface area contributed by atoms with E-state index < -0.39 is 12.8 Å². The van der Waals surface area contributed by atoms with E-state index in [1.807, 2.05) is 24.3 Å². The molecule has 1 aromatic carbocycles. The summed E-state index contributed by atoms with van der Waals surface area (Å²) in [5.74, 6) is -0.401. The Balaban J connectivity index is 1.89. The maximum absolute atomic E-state index is 12.7. The van der Waals surface area contributed by atoms with Crippen LogP contribution < -0.4 is 0 Å². The van der Waals surface area contributed by atoms with Crippen molar-refractivity contribution >= 4 is 17.6 Å². The fourth-order valence-electron chi connectivity index (χ4n) is 4.15. The second kappa shape index (κ2) is 6.78. The fourth-order valence-corrected chi connectivity index (χ4v) is 4.28. The average molecular weight is 340 g/mol. The first-order valence-corrected chi connectivity index (χ1v) is 8.63.